The first-order chi connectivity index (χ1) is 14.7. The zero-order valence-electron chi connectivity index (χ0n) is 17.0. The highest BCUT2D eigenvalue weighted by molar-refractivity contribution is 7.07. The predicted octanol–water partition coefficient (Wildman–Crippen LogP) is 4.78. The number of aliphatic carboxylic acids is 1. The molecular formula is C20H22F3N3O4S. The number of fused-ring (bicyclic) bond motifs is 1. The fourth-order valence-electron chi connectivity index (χ4n) is 3.30. The van der Waals surface area contributed by atoms with E-state index in [4.69, 9.17) is 9.84 Å². The van der Waals surface area contributed by atoms with Gasteiger partial charge in [0.1, 0.15) is 17.4 Å². The predicted molar refractivity (Wildman–Crippen MR) is 108 cm³/mol. The third kappa shape index (κ3) is 5.53. The number of alkyl halides is 3. The zero-order chi connectivity index (χ0) is 22.6. The molecule has 0 fully saturated rings. The Bertz CT molecular complexity index is 1020. The molecule has 0 saturated carbocycles. The fourth-order valence-corrected chi connectivity index (χ4v) is 3.90. The van der Waals surface area contributed by atoms with Gasteiger partial charge >= 0.3 is 12.1 Å². The SMILES string of the molecule is CCCc1c(OC(CCN(C)CC(=O)O)c2cscn2)ccc2c(C(F)(F)F)onc12. The zero-order valence-corrected chi connectivity index (χ0v) is 17.8. The lowest BCUT2D eigenvalue weighted by molar-refractivity contribution is -0.154. The van der Waals surface area contributed by atoms with E-state index in [0.29, 0.717) is 42.8 Å². The summed E-state index contributed by atoms with van der Waals surface area (Å²) in [5, 5.41) is 14.4. The van der Waals surface area contributed by atoms with Crippen LogP contribution in [-0.2, 0) is 17.4 Å². The molecule has 2 aromatic heterocycles. The molecule has 0 radical (unpaired) electrons. The van der Waals surface area contributed by atoms with E-state index in [-0.39, 0.29) is 17.4 Å². The summed E-state index contributed by atoms with van der Waals surface area (Å²) in [6.45, 7) is 2.23. The second-order valence-corrected chi connectivity index (χ2v) is 7.86. The van der Waals surface area contributed by atoms with E-state index in [2.05, 4.69) is 14.7 Å². The lowest BCUT2D eigenvalue weighted by atomic mass is 10.0. The third-order valence-corrected chi connectivity index (χ3v) is 5.30. The maximum Gasteiger partial charge on any atom is 0.453 e. The van der Waals surface area contributed by atoms with Gasteiger partial charge in [0.2, 0.25) is 5.76 Å². The molecule has 0 aliphatic rings. The molecule has 0 spiro atoms. The van der Waals surface area contributed by atoms with E-state index in [9.17, 15) is 18.0 Å². The van der Waals surface area contributed by atoms with Crippen LogP contribution in [0.1, 0.15) is 42.9 Å². The molecule has 1 N–H and O–H groups in total. The number of likely N-dealkylation sites (N-methyl/N-ethyl adjacent to an activating group) is 1. The number of nitrogens with zero attached hydrogens (tertiary/aromatic N) is 3. The molecule has 1 unspecified atom stereocenters. The van der Waals surface area contributed by atoms with Crippen LogP contribution in [-0.4, -0.2) is 46.3 Å². The van der Waals surface area contributed by atoms with Crippen molar-refractivity contribution in [1.82, 2.24) is 15.0 Å². The molecule has 31 heavy (non-hydrogen) atoms. The van der Waals surface area contributed by atoms with Gasteiger partial charge in [-0.15, -0.1) is 11.3 Å². The standard InChI is InChI=1S/C20H22F3N3O4S/c1-3-4-12-15(6-5-13-18(12)25-30-19(13)20(21,22)23)29-16(14-10-31-11-24-14)7-8-26(2)9-17(27)28/h5-6,10-11,16H,3-4,7-9H2,1-2H3,(H,27,28). The van der Waals surface area contributed by atoms with Crippen LogP contribution in [0, 0.1) is 0 Å². The number of carboxylic acids is 1. The minimum Gasteiger partial charge on any atom is -0.484 e. The van der Waals surface area contributed by atoms with Crippen LogP contribution in [0.2, 0.25) is 0 Å². The lowest BCUT2D eigenvalue weighted by Gasteiger charge is -2.22. The van der Waals surface area contributed by atoms with E-state index in [0.717, 1.165) is 0 Å². The molecule has 0 amide bonds. The molecule has 1 aromatic carbocycles. The molecule has 1 atom stereocenters. The van der Waals surface area contributed by atoms with Crippen molar-refractivity contribution in [2.24, 2.45) is 0 Å². The van der Waals surface area contributed by atoms with Crippen molar-refractivity contribution in [3.05, 3.63) is 40.0 Å². The number of benzene rings is 1. The summed E-state index contributed by atoms with van der Waals surface area (Å²) in [7, 11) is 1.69. The van der Waals surface area contributed by atoms with Crippen molar-refractivity contribution in [3.8, 4) is 5.75 Å². The first kappa shape index (κ1) is 23.0. The average Bonchev–Trinajstić information content (AvgIpc) is 3.35. The van der Waals surface area contributed by atoms with E-state index < -0.39 is 24.0 Å². The second kappa shape index (κ2) is 9.65. The van der Waals surface area contributed by atoms with Gasteiger partial charge in [0.15, 0.2) is 0 Å². The molecular weight excluding hydrogens is 435 g/mol. The Labute approximate surface area is 180 Å². The number of hydrogen-bond acceptors (Lipinski definition) is 7. The number of rotatable bonds is 10. The molecule has 0 aliphatic heterocycles. The van der Waals surface area contributed by atoms with Gasteiger partial charge in [0.25, 0.3) is 0 Å². The van der Waals surface area contributed by atoms with Gasteiger partial charge < -0.3 is 14.4 Å². The number of carboxylic acid groups (broad SMARTS) is 1. The number of halogens is 3. The number of aryl methyl sites for hydroxylation is 1. The van der Waals surface area contributed by atoms with Crippen molar-refractivity contribution in [2.75, 3.05) is 20.1 Å². The smallest absolute Gasteiger partial charge is 0.453 e. The van der Waals surface area contributed by atoms with E-state index in [1.54, 1.807) is 17.5 Å². The van der Waals surface area contributed by atoms with Crippen LogP contribution in [0.3, 0.4) is 0 Å². The number of ether oxygens (including phenoxy) is 1. The minimum absolute atomic E-state index is 0.102. The molecule has 0 bridgehead atoms. The second-order valence-electron chi connectivity index (χ2n) is 7.14. The number of hydrogen-bond donors (Lipinski definition) is 1. The Hall–Kier alpha value is -2.66. The summed E-state index contributed by atoms with van der Waals surface area (Å²) >= 11 is 1.40. The van der Waals surface area contributed by atoms with Gasteiger partial charge in [-0.05, 0) is 25.6 Å². The van der Waals surface area contributed by atoms with E-state index in [1.807, 2.05) is 12.3 Å². The van der Waals surface area contributed by atoms with Crippen molar-refractivity contribution >= 4 is 28.2 Å². The van der Waals surface area contributed by atoms with Gasteiger partial charge in [-0.1, -0.05) is 18.5 Å². The maximum atomic E-state index is 13.2. The van der Waals surface area contributed by atoms with Gasteiger partial charge in [0, 0.05) is 23.9 Å². The average molecular weight is 457 g/mol. The van der Waals surface area contributed by atoms with Crippen molar-refractivity contribution in [1.29, 1.82) is 0 Å². The molecule has 3 aromatic rings. The third-order valence-electron chi connectivity index (χ3n) is 4.70. The molecule has 168 valence electrons. The first-order valence-corrected chi connectivity index (χ1v) is 10.6. The van der Waals surface area contributed by atoms with Gasteiger partial charge in [-0.25, -0.2) is 4.98 Å². The van der Waals surface area contributed by atoms with Gasteiger partial charge in [-0.2, -0.15) is 13.2 Å². The number of carbonyl (C=O) groups is 1. The normalized spacial score (nSPS) is 13.1. The van der Waals surface area contributed by atoms with Gasteiger partial charge in [0.05, 0.1) is 23.1 Å². The van der Waals surface area contributed by atoms with Crippen molar-refractivity contribution in [2.45, 2.75) is 38.5 Å². The van der Waals surface area contributed by atoms with Crippen LogP contribution in [0.4, 0.5) is 13.2 Å². The van der Waals surface area contributed by atoms with Crippen LogP contribution >= 0.6 is 11.3 Å². The Morgan fingerprint density at radius 1 is 1.39 bits per heavy atom. The highest BCUT2D eigenvalue weighted by atomic mass is 32.1. The maximum absolute atomic E-state index is 13.2. The molecule has 3 rings (SSSR count). The summed E-state index contributed by atoms with van der Waals surface area (Å²) in [4.78, 5) is 16.9. The summed E-state index contributed by atoms with van der Waals surface area (Å²) in [5.41, 5.74) is 3.01. The quantitative estimate of drug-likeness (QED) is 0.469. The Morgan fingerprint density at radius 3 is 2.77 bits per heavy atom. The van der Waals surface area contributed by atoms with Crippen LogP contribution in [0.15, 0.2) is 27.5 Å². The summed E-state index contributed by atoms with van der Waals surface area (Å²) in [6.07, 6.45) is -3.56. The summed E-state index contributed by atoms with van der Waals surface area (Å²) in [5.74, 6) is -1.65. The Kier molecular flexibility index (Phi) is 7.16. The van der Waals surface area contributed by atoms with Crippen LogP contribution in [0.5, 0.6) is 5.75 Å². The molecule has 0 aliphatic carbocycles. The highest BCUT2D eigenvalue weighted by Gasteiger charge is 2.38. The molecule has 2 heterocycles. The van der Waals surface area contributed by atoms with Gasteiger partial charge in [-0.3, -0.25) is 9.69 Å². The van der Waals surface area contributed by atoms with Crippen molar-refractivity contribution in [3.63, 3.8) is 0 Å². The van der Waals surface area contributed by atoms with E-state index in [1.165, 1.54) is 23.5 Å². The molecule has 7 nitrogen and oxygen atoms in total. The lowest BCUT2D eigenvalue weighted by Crippen LogP contribution is -2.28. The summed E-state index contributed by atoms with van der Waals surface area (Å²) in [6, 6.07) is 2.80. The van der Waals surface area contributed by atoms with Crippen molar-refractivity contribution < 1.29 is 32.3 Å². The first-order valence-electron chi connectivity index (χ1n) is 9.64. The fraction of sp³-hybridized carbons (Fsp3) is 0.450. The van der Waals surface area contributed by atoms with Crippen LogP contribution in [0.25, 0.3) is 10.9 Å². The largest absolute Gasteiger partial charge is 0.484 e. The monoisotopic (exact) mass is 457 g/mol. The Balaban J connectivity index is 1.92. The van der Waals surface area contributed by atoms with Crippen LogP contribution < -0.4 is 4.74 Å². The number of aromatic nitrogens is 2. The molecule has 0 saturated heterocycles. The Morgan fingerprint density at radius 2 is 2.16 bits per heavy atom. The number of thiazole rings is 1. The highest BCUT2D eigenvalue weighted by Crippen LogP contribution is 2.39. The minimum atomic E-state index is -4.64. The summed E-state index contributed by atoms with van der Waals surface area (Å²) < 4.78 is 50.5. The topological polar surface area (TPSA) is 88.7 Å². The van der Waals surface area contributed by atoms with E-state index >= 15 is 0 Å². The molecule has 11 heteroatoms.